The summed E-state index contributed by atoms with van der Waals surface area (Å²) in [5.74, 6) is -1.14. The Morgan fingerprint density at radius 3 is 1.90 bits per heavy atom. The molecule has 10 nitrogen and oxygen atoms in total. The van der Waals surface area contributed by atoms with Gasteiger partial charge in [0, 0.05) is 11.6 Å². The van der Waals surface area contributed by atoms with Crippen LogP contribution in [0.1, 0.15) is 50.2 Å². The van der Waals surface area contributed by atoms with Gasteiger partial charge in [0.1, 0.15) is 24.2 Å². The number of aliphatic hydroxyl groups excluding tert-OH is 2. The van der Waals surface area contributed by atoms with Crippen molar-refractivity contribution in [2.75, 3.05) is 27.4 Å². The molecule has 2 aromatic rings. The van der Waals surface area contributed by atoms with E-state index in [2.05, 4.69) is 0 Å². The molecular weight excluding hydrogens is 532 g/mol. The number of esters is 1. The van der Waals surface area contributed by atoms with Crippen molar-refractivity contribution in [3.05, 3.63) is 71.3 Å². The second-order valence-corrected chi connectivity index (χ2v) is 9.01. The topological polar surface area (TPSA) is 160 Å². The van der Waals surface area contributed by atoms with Gasteiger partial charge in [-0.25, -0.2) is 9.59 Å². The highest BCUT2D eigenvalue weighted by molar-refractivity contribution is 5.92. The van der Waals surface area contributed by atoms with Gasteiger partial charge in [0.2, 0.25) is 0 Å². The van der Waals surface area contributed by atoms with Crippen LogP contribution in [0.3, 0.4) is 0 Å². The maximum absolute atomic E-state index is 12.0. The smallest absolute Gasteiger partial charge is 0.331 e. The van der Waals surface area contributed by atoms with Crippen LogP contribution in [0.25, 0.3) is 12.2 Å². The lowest BCUT2D eigenvalue weighted by Crippen LogP contribution is -2.25. The molecule has 0 heterocycles. The third-order valence-corrected chi connectivity index (χ3v) is 5.97. The highest BCUT2D eigenvalue weighted by Gasteiger charge is 2.19. The van der Waals surface area contributed by atoms with Crippen LogP contribution in [-0.4, -0.2) is 71.9 Å². The fourth-order valence-electron chi connectivity index (χ4n) is 3.57. The summed E-state index contributed by atoms with van der Waals surface area (Å²) in [5.41, 5.74) is 1.94. The molecular formula is C31H40O10. The van der Waals surface area contributed by atoms with E-state index in [1.54, 1.807) is 68.8 Å². The number of rotatable bonds is 16. The maximum Gasteiger partial charge on any atom is 0.331 e. The molecule has 0 aliphatic rings. The molecule has 2 unspecified atom stereocenters. The van der Waals surface area contributed by atoms with Crippen molar-refractivity contribution >= 4 is 30.1 Å². The normalized spacial score (nSPS) is 12.6. The Balaban J connectivity index is 0.000000537. The Labute approximate surface area is 240 Å². The number of benzene rings is 2. The first-order valence-electron chi connectivity index (χ1n) is 13.2. The fraction of sp³-hybridized carbons (Fsp3) is 0.387. The predicted molar refractivity (Wildman–Crippen MR) is 155 cm³/mol. The molecule has 0 saturated carbocycles. The van der Waals surface area contributed by atoms with Crippen LogP contribution in [0.2, 0.25) is 0 Å². The number of carboxylic acids is 2. The van der Waals surface area contributed by atoms with Gasteiger partial charge >= 0.3 is 17.9 Å². The van der Waals surface area contributed by atoms with Gasteiger partial charge < -0.3 is 34.6 Å². The molecule has 4 N–H and O–H groups in total. The van der Waals surface area contributed by atoms with Crippen LogP contribution in [0, 0.1) is 5.92 Å². The molecule has 0 saturated heterocycles. The van der Waals surface area contributed by atoms with Crippen molar-refractivity contribution < 1.29 is 49.0 Å². The van der Waals surface area contributed by atoms with E-state index in [4.69, 9.17) is 24.4 Å². The zero-order chi connectivity index (χ0) is 30.6. The van der Waals surface area contributed by atoms with Gasteiger partial charge in [-0.15, -0.1) is 0 Å². The minimum absolute atomic E-state index is 0.223. The maximum atomic E-state index is 12.0. The summed E-state index contributed by atoms with van der Waals surface area (Å²) in [4.78, 5) is 33.7. The van der Waals surface area contributed by atoms with E-state index in [0.717, 1.165) is 23.0 Å². The summed E-state index contributed by atoms with van der Waals surface area (Å²) in [6, 6.07) is 14.3. The molecule has 0 radical (unpaired) electrons. The fourth-order valence-corrected chi connectivity index (χ4v) is 3.57. The average Bonchev–Trinajstić information content (AvgIpc) is 2.98. The largest absolute Gasteiger partial charge is 0.497 e. The summed E-state index contributed by atoms with van der Waals surface area (Å²) in [6.07, 6.45) is 6.11. The Hall–Kier alpha value is -4.15. The quantitative estimate of drug-likeness (QED) is 0.129. The molecule has 2 aromatic carbocycles. The predicted octanol–water partition coefficient (Wildman–Crippen LogP) is 4.44. The molecule has 0 aliphatic heterocycles. The van der Waals surface area contributed by atoms with Gasteiger partial charge in [-0.1, -0.05) is 37.6 Å². The molecule has 2 atom stereocenters. The van der Waals surface area contributed by atoms with Crippen molar-refractivity contribution in [2.45, 2.75) is 45.1 Å². The molecule has 0 spiro atoms. The minimum atomic E-state index is -1.07. The van der Waals surface area contributed by atoms with Crippen molar-refractivity contribution in [3.8, 4) is 11.5 Å². The van der Waals surface area contributed by atoms with E-state index in [9.17, 15) is 24.6 Å². The molecule has 0 bridgehead atoms. The molecule has 0 amide bonds. The molecule has 0 fully saturated rings. The monoisotopic (exact) mass is 572 g/mol. The third-order valence-electron chi connectivity index (χ3n) is 5.97. The zero-order valence-corrected chi connectivity index (χ0v) is 23.7. The van der Waals surface area contributed by atoms with Gasteiger partial charge in [-0.05, 0) is 73.2 Å². The van der Waals surface area contributed by atoms with Crippen molar-refractivity contribution in [3.63, 3.8) is 0 Å². The van der Waals surface area contributed by atoms with E-state index < -0.39 is 30.6 Å². The highest BCUT2D eigenvalue weighted by atomic mass is 16.5. The van der Waals surface area contributed by atoms with Crippen LogP contribution in [0.5, 0.6) is 11.5 Å². The molecule has 41 heavy (non-hydrogen) atoms. The SMILES string of the molecule is CCC(CCCCC(=Cc1ccc(OC)cc1)C(=O)O)C(=O)OCC(O)CO.COc1ccc(C=CC(=O)O)cc1. The van der Waals surface area contributed by atoms with Gasteiger partial charge in [-0.2, -0.15) is 0 Å². The number of unbranched alkanes of at least 4 members (excludes halogenated alkanes) is 1. The average molecular weight is 573 g/mol. The summed E-state index contributed by atoms with van der Waals surface area (Å²) >= 11 is 0. The highest BCUT2D eigenvalue weighted by Crippen LogP contribution is 2.20. The van der Waals surface area contributed by atoms with Gasteiger partial charge in [0.05, 0.1) is 26.7 Å². The summed E-state index contributed by atoms with van der Waals surface area (Å²) in [6.45, 7) is 1.20. The number of carbonyl (C=O) groups is 3. The number of ether oxygens (including phenoxy) is 3. The molecule has 10 heteroatoms. The van der Waals surface area contributed by atoms with Crippen LogP contribution in [-0.2, 0) is 19.1 Å². The first-order valence-corrected chi connectivity index (χ1v) is 13.2. The first kappa shape index (κ1) is 34.9. The lowest BCUT2D eigenvalue weighted by Gasteiger charge is -2.15. The van der Waals surface area contributed by atoms with Crippen molar-refractivity contribution in [2.24, 2.45) is 5.92 Å². The number of aliphatic hydroxyl groups is 2. The Kier molecular flexibility index (Phi) is 16.9. The third kappa shape index (κ3) is 14.7. The van der Waals surface area contributed by atoms with E-state index in [0.29, 0.717) is 43.4 Å². The van der Waals surface area contributed by atoms with Crippen molar-refractivity contribution in [1.29, 1.82) is 0 Å². The standard InChI is InChI=1S/C21H30O7.C10H10O3/c1-3-16(21(26)28-14-18(23)13-22)6-4-5-7-17(20(24)25)12-15-8-10-19(27-2)11-9-15;1-13-9-5-2-8(3-6-9)4-7-10(11)12/h8-12,16,18,22-23H,3-7,13-14H2,1-2H3,(H,24,25);2-7H,1H3,(H,11,12). The van der Waals surface area contributed by atoms with Crippen LogP contribution in [0.4, 0.5) is 0 Å². The van der Waals surface area contributed by atoms with Crippen LogP contribution < -0.4 is 9.47 Å². The minimum Gasteiger partial charge on any atom is -0.497 e. The second-order valence-electron chi connectivity index (χ2n) is 9.01. The lowest BCUT2D eigenvalue weighted by molar-refractivity contribution is -0.152. The lowest BCUT2D eigenvalue weighted by atomic mass is 9.97. The number of hydrogen-bond donors (Lipinski definition) is 4. The number of carbonyl (C=O) groups excluding carboxylic acids is 1. The van der Waals surface area contributed by atoms with Crippen molar-refractivity contribution in [1.82, 2.24) is 0 Å². The molecule has 224 valence electrons. The molecule has 2 rings (SSSR count). The summed E-state index contributed by atoms with van der Waals surface area (Å²) in [7, 11) is 3.16. The second kappa shape index (κ2) is 19.8. The Morgan fingerprint density at radius 1 is 0.878 bits per heavy atom. The first-order chi connectivity index (χ1) is 19.6. The Morgan fingerprint density at radius 2 is 1.44 bits per heavy atom. The summed E-state index contributed by atoms with van der Waals surface area (Å²) in [5, 5.41) is 35.8. The van der Waals surface area contributed by atoms with Gasteiger partial charge in [-0.3, -0.25) is 4.79 Å². The summed E-state index contributed by atoms with van der Waals surface area (Å²) < 4.78 is 15.0. The van der Waals surface area contributed by atoms with Gasteiger partial charge in [0.15, 0.2) is 0 Å². The molecule has 0 aromatic heterocycles. The van der Waals surface area contributed by atoms with Crippen LogP contribution in [0.15, 0.2) is 60.2 Å². The van der Waals surface area contributed by atoms with E-state index in [-0.39, 0.29) is 12.5 Å². The van der Waals surface area contributed by atoms with Gasteiger partial charge in [0.25, 0.3) is 0 Å². The Bertz CT molecular complexity index is 1120. The zero-order valence-electron chi connectivity index (χ0n) is 23.7. The van der Waals surface area contributed by atoms with E-state index >= 15 is 0 Å². The van der Waals surface area contributed by atoms with E-state index in [1.165, 1.54) is 6.08 Å². The number of aliphatic carboxylic acids is 2. The van der Waals surface area contributed by atoms with Crippen LogP contribution >= 0.6 is 0 Å². The molecule has 0 aliphatic carbocycles. The number of hydrogen-bond acceptors (Lipinski definition) is 8. The number of methoxy groups -OCH3 is 2. The van der Waals surface area contributed by atoms with E-state index in [1.807, 2.05) is 6.92 Å². The number of carboxylic acid groups (broad SMARTS) is 2.